The van der Waals surface area contributed by atoms with Gasteiger partial charge in [-0.05, 0) is 46.0 Å². The van der Waals surface area contributed by atoms with Gasteiger partial charge in [0.15, 0.2) is 0 Å². The Morgan fingerprint density at radius 3 is 2.85 bits per heavy atom. The zero-order valence-corrected chi connectivity index (χ0v) is 12.9. The Balaban J connectivity index is 1.92. The molecule has 0 unspecified atom stereocenters. The molecule has 1 atom stereocenters. The fraction of sp³-hybridized carbons (Fsp3) is 0.733. The zero-order chi connectivity index (χ0) is 14.8. The standard InChI is InChI=1S/C15H25N3O2/c1-15(2,3)20-14(19)18-7-5-6-12(10-18)8-13-9-16-11-17(13)4/h9,11-12H,5-8,10H2,1-4H3/t12-/m0/s1. The molecule has 2 heterocycles. The molecule has 0 aromatic carbocycles. The van der Waals surface area contributed by atoms with E-state index in [4.69, 9.17) is 4.74 Å². The highest BCUT2D eigenvalue weighted by molar-refractivity contribution is 5.68. The highest BCUT2D eigenvalue weighted by Gasteiger charge is 2.27. The van der Waals surface area contributed by atoms with Crippen LogP contribution in [0.4, 0.5) is 4.79 Å². The van der Waals surface area contributed by atoms with E-state index < -0.39 is 5.60 Å². The topological polar surface area (TPSA) is 47.4 Å². The van der Waals surface area contributed by atoms with Gasteiger partial charge in [-0.3, -0.25) is 0 Å². The van der Waals surface area contributed by atoms with Crippen LogP contribution in [0.25, 0.3) is 0 Å². The van der Waals surface area contributed by atoms with E-state index in [9.17, 15) is 4.79 Å². The second kappa shape index (κ2) is 5.85. The molecule has 0 aliphatic carbocycles. The van der Waals surface area contributed by atoms with Crippen LogP contribution in [0.15, 0.2) is 12.5 Å². The van der Waals surface area contributed by atoms with Crippen LogP contribution in [-0.4, -0.2) is 39.2 Å². The Bertz CT molecular complexity index is 462. The first-order chi connectivity index (χ1) is 9.35. The molecule has 1 aromatic heterocycles. The lowest BCUT2D eigenvalue weighted by atomic mass is 9.94. The Morgan fingerprint density at radius 2 is 2.25 bits per heavy atom. The molecule has 1 saturated heterocycles. The van der Waals surface area contributed by atoms with Gasteiger partial charge in [0.25, 0.3) is 0 Å². The number of likely N-dealkylation sites (tertiary alicyclic amines) is 1. The normalized spacial score (nSPS) is 20.0. The van der Waals surface area contributed by atoms with Crippen molar-refractivity contribution in [2.24, 2.45) is 13.0 Å². The van der Waals surface area contributed by atoms with Crippen molar-refractivity contribution in [2.75, 3.05) is 13.1 Å². The summed E-state index contributed by atoms with van der Waals surface area (Å²) >= 11 is 0. The number of ether oxygens (including phenoxy) is 1. The predicted molar refractivity (Wildman–Crippen MR) is 77.4 cm³/mol. The third-order valence-corrected chi connectivity index (χ3v) is 3.58. The van der Waals surface area contributed by atoms with Crippen molar-refractivity contribution in [3.8, 4) is 0 Å². The van der Waals surface area contributed by atoms with Crippen molar-refractivity contribution < 1.29 is 9.53 Å². The van der Waals surface area contributed by atoms with E-state index in [1.807, 2.05) is 49.8 Å². The van der Waals surface area contributed by atoms with Gasteiger partial charge in [-0.25, -0.2) is 9.78 Å². The van der Waals surface area contributed by atoms with Crippen LogP contribution < -0.4 is 0 Å². The first-order valence-corrected chi connectivity index (χ1v) is 7.28. The summed E-state index contributed by atoms with van der Waals surface area (Å²) in [6.45, 7) is 7.29. The van der Waals surface area contributed by atoms with Crippen LogP contribution in [0.1, 0.15) is 39.3 Å². The number of carbonyl (C=O) groups excluding carboxylic acids is 1. The number of carbonyl (C=O) groups is 1. The number of piperidine rings is 1. The molecule has 1 fully saturated rings. The number of hydrogen-bond acceptors (Lipinski definition) is 3. The van der Waals surface area contributed by atoms with Gasteiger partial charge in [0, 0.05) is 32.0 Å². The molecule has 2 rings (SSSR count). The smallest absolute Gasteiger partial charge is 0.410 e. The largest absolute Gasteiger partial charge is 0.444 e. The minimum atomic E-state index is -0.425. The summed E-state index contributed by atoms with van der Waals surface area (Å²) in [6, 6.07) is 0. The van der Waals surface area contributed by atoms with E-state index in [-0.39, 0.29) is 6.09 Å². The minimum Gasteiger partial charge on any atom is -0.444 e. The number of nitrogens with zero attached hydrogens (tertiary/aromatic N) is 3. The maximum Gasteiger partial charge on any atom is 0.410 e. The van der Waals surface area contributed by atoms with Crippen LogP contribution in [0, 0.1) is 5.92 Å². The molecule has 1 amide bonds. The predicted octanol–water partition coefficient (Wildman–Crippen LogP) is 2.61. The lowest BCUT2D eigenvalue weighted by Gasteiger charge is -2.34. The maximum absolute atomic E-state index is 12.1. The third-order valence-electron chi connectivity index (χ3n) is 3.58. The van der Waals surface area contributed by atoms with Crippen LogP contribution in [0.3, 0.4) is 0 Å². The quantitative estimate of drug-likeness (QED) is 0.836. The first-order valence-electron chi connectivity index (χ1n) is 7.28. The van der Waals surface area contributed by atoms with Crippen LogP contribution in [-0.2, 0) is 18.2 Å². The van der Waals surface area contributed by atoms with Gasteiger partial charge in [-0.2, -0.15) is 0 Å². The van der Waals surface area contributed by atoms with Crippen molar-refractivity contribution in [1.29, 1.82) is 0 Å². The van der Waals surface area contributed by atoms with Crippen LogP contribution in [0.2, 0.25) is 0 Å². The van der Waals surface area contributed by atoms with Crippen molar-refractivity contribution in [1.82, 2.24) is 14.5 Å². The Kier molecular flexibility index (Phi) is 4.35. The van der Waals surface area contributed by atoms with E-state index in [1.54, 1.807) is 0 Å². The summed E-state index contributed by atoms with van der Waals surface area (Å²) in [7, 11) is 2.01. The molecule has 1 aromatic rings. The van der Waals surface area contributed by atoms with Gasteiger partial charge in [-0.1, -0.05) is 0 Å². The van der Waals surface area contributed by atoms with Gasteiger partial charge >= 0.3 is 6.09 Å². The fourth-order valence-electron chi connectivity index (χ4n) is 2.60. The molecule has 0 radical (unpaired) electrons. The lowest BCUT2D eigenvalue weighted by Crippen LogP contribution is -2.43. The molecule has 0 bridgehead atoms. The Morgan fingerprint density at radius 1 is 1.50 bits per heavy atom. The highest BCUT2D eigenvalue weighted by atomic mass is 16.6. The molecule has 1 aliphatic heterocycles. The van der Waals surface area contributed by atoms with Crippen molar-refractivity contribution in [2.45, 2.75) is 45.6 Å². The summed E-state index contributed by atoms with van der Waals surface area (Å²) in [6.07, 6.45) is 6.71. The van der Waals surface area contributed by atoms with Crippen LogP contribution >= 0.6 is 0 Å². The van der Waals surface area contributed by atoms with E-state index in [1.165, 1.54) is 5.69 Å². The number of aryl methyl sites for hydroxylation is 1. The average molecular weight is 279 g/mol. The Hall–Kier alpha value is -1.52. The number of rotatable bonds is 2. The van der Waals surface area contributed by atoms with Gasteiger partial charge in [0.2, 0.25) is 0 Å². The molecule has 5 nitrogen and oxygen atoms in total. The first kappa shape index (κ1) is 14.9. The SMILES string of the molecule is Cn1cncc1C[C@@H]1CCCN(C(=O)OC(C)(C)C)C1. The summed E-state index contributed by atoms with van der Waals surface area (Å²) in [5.74, 6) is 0.492. The number of imidazole rings is 1. The zero-order valence-electron chi connectivity index (χ0n) is 12.9. The minimum absolute atomic E-state index is 0.188. The number of hydrogen-bond donors (Lipinski definition) is 0. The number of aromatic nitrogens is 2. The second-order valence-electron chi connectivity index (χ2n) is 6.63. The molecule has 20 heavy (non-hydrogen) atoms. The van der Waals surface area contributed by atoms with E-state index in [0.717, 1.165) is 32.4 Å². The third kappa shape index (κ3) is 3.99. The molecule has 5 heteroatoms. The van der Waals surface area contributed by atoms with Gasteiger partial charge < -0.3 is 14.2 Å². The maximum atomic E-state index is 12.1. The molecular weight excluding hydrogens is 254 g/mol. The Labute approximate surface area is 120 Å². The monoisotopic (exact) mass is 279 g/mol. The summed E-state index contributed by atoms with van der Waals surface area (Å²) in [5, 5.41) is 0. The van der Waals surface area contributed by atoms with Gasteiger partial charge in [0.05, 0.1) is 6.33 Å². The van der Waals surface area contributed by atoms with Gasteiger partial charge in [0.1, 0.15) is 5.60 Å². The van der Waals surface area contributed by atoms with E-state index in [0.29, 0.717) is 5.92 Å². The van der Waals surface area contributed by atoms with Crippen molar-refractivity contribution in [3.05, 3.63) is 18.2 Å². The fourth-order valence-corrected chi connectivity index (χ4v) is 2.60. The van der Waals surface area contributed by atoms with Crippen molar-refractivity contribution >= 4 is 6.09 Å². The lowest BCUT2D eigenvalue weighted by molar-refractivity contribution is 0.0165. The second-order valence-corrected chi connectivity index (χ2v) is 6.63. The number of amides is 1. The molecule has 1 aliphatic rings. The molecule has 0 saturated carbocycles. The summed E-state index contributed by atoms with van der Waals surface area (Å²) in [4.78, 5) is 18.1. The summed E-state index contributed by atoms with van der Waals surface area (Å²) in [5.41, 5.74) is 0.799. The molecule has 0 spiro atoms. The van der Waals surface area contributed by atoms with E-state index in [2.05, 4.69) is 4.98 Å². The van der Waals surface area contributed by atoms with E-state index >= 15 is 0 Å². The molecule has 112 valence electrons. The summed E-state index contributed by atoms with van der Waals surface area (Å²) < 4.78 is 7.50. The van der Waals surface area contributed by atoms with Crippen LogP contribution in [0.5, 0.6) is 0 Å². The highest BCUT2D eigenvalue weighted by Crippen LogP contribution is 2.22. The van der Waals surface area contributed by atoms with Crippen molar-refractivity contribution in [3.63, 3.8) is 0 Å². The molecular formula is C15H25N3O2. The average Bonchev–Trinajstić information content (AvgIpc) is 2.73. The van der Waals surface area contributed by atoms with Gasteiger partial charge in [-0.15, -0.1) is 0 Å². The molecule has 0 N–H and O–H groups in total.